The quantitative estimate of drug-likeness (QED) is 0.759. The first-order chi connectivity index (χ1) is 6.34. The van der Waals surface area contributed by atoms with Crippen molar-refractivity contribution in [2.75, 3.05) is 0 Å². The summed E-state index contributed by atoms with van der Waals surface area (Å²) < 4.78 is 1.23. The van der Waals surface area contributed by atoms with E-state index in [1.807, 2.05) is 17.5 Å². The molecule has 2 aromatic rings. The van der Waals surface area contributed by atoms with E-state index in [-0.39, 0.29) is 5.69 Å². The van der Waals surface area contributed by atoms with Gasteiger partial charge in [0.2, 0.25) is 0 Å². The average Bonchev–Trinajstić information content (AvgIpc) is 2.71. The Kier molecular flexibility index (Phi) is 2.51. The van der Waals surface area contributed by atoms with Gasteiger partial charge >= 0.3 is 5.69 Å². The van der Waals surface area contributed by atoms with E-state index in [0.717, 1.165) is 0 Å². The maximum absolute atomic E-state index is 10.7. The second-order valence-corrected chi connectivity index (χ2v) is 4.57. The van der Waals surface area contributed by atoms with Gasteiger partial charge in [-0.3, -0.25) is 4.98 Å². The maximum Gasteiger partial charge on any atom is 0.340 e. The maximum atomic E-state index is 10.7. The molecule has 0 spiro atoms. The summed E-state index contributed by atoms with van der Waals surface area (Å²) in [5, 5.41) is 8.16. The van der Waals surface area contributed by atoms with E-state index in [1.165, 1.54) is 4.21 Å². The molecule has 0 aromatic carbocycles. The van der Waals surface area contributed by atoms with Gasteiger partial charge in [0.05, 0.1) is 9.96 Å². The molecular formula is C7H7N3OS2. The zero-order valence-electron chi connectivity index (χ0n) is 6.61. The highest BCUT2D eigenvalue weighted by molar-refractivity contribution is 8.00. The fourth-order valence-electron chi connectivity index (χ4n) is 0.859. The van der Waals surface area contributed by atoms with Crippen molar-refractivity contribution in [3.8, 4) is 0 Å². The van der Waals surface area contributed by atoms with Crippen LogP contribution in [0.1, 0.15) is 5.82 Å². The molecule has 6 heteroatoms. The minimum atomic E-state index is -0.248. The topological polar surface area (TPSA) is 61.5 Å². The molecule has 0 unspecified atom stereocenters. The first-order valence-electron chi connectivity index (χ1n) is 3.64. The highest BCUT2D eigenvalue weighted by Crippen LogP contribution is 2.25. The predicted molar refractivity (Wildman–Crippen MR) is 53.1 cm³/mol. The number of thiophene rings is 1. The van der Waals surface area contributed by atoms with Gasteiger partial charge in [-0.25, -0.2) is 9.89 Å². The van der Waals surface area contributed by atoms with Gasteiger partial charge in [-0.2, -0.15) is 5.10 Å². The molecular weight excluding hydrogens is 206 g/mol. The van der Waals surface area contributed by atoms with E-state index in [9.17, 15) is 4.79 Å². The zero-order valence-corrected chi connectivity index (χ0v) is 8.24. The molecule has 0 aliphatic carbocycles. The van der Waals surface area contributed by atoms with Crippen molar-refractivity contribution in [3.63, 3.8) is 0 Å². The van der Waals surface area contributed by atoms with Crippen LogP contribution < -0.4 is 5.69 Å². The Hall–Kier alpha value is -1.01. The number of nitrogens with zero attached hydrogens (tertiary/aromatic N) is 1. The molecule has 2 heterocycles. The number of thioether (sulfide) groups is 1. The van der Waals surface area contributed by atoms with Gasteiger partial charge in [0.25, 0.3) is 0 Å². The Morgan fingerprint density at radius 1 is 1.62 bits per heavy atom. The molecule has 2 rings (SSSR count). The molecule has 4 nitrogen and oxygen atoms in total. The molecule has 0 aliphatic heterocycles. The van der Waals surface area contributed by atoms with E-state index >= 15 is 0 Å². The molecule has 0 amide bonds. The lowest BCUT2D eigenvalue weighted by molar-refractivity contribution is 1.01. The molecule has 0 atom stereocenters. The number of aromatic nitrogens is 3. The standard InChI is InChI=1S/C7H7N3OS2/c11-7-8-5(9-10-7)4-13-6-2-1-3-12-6/h1-3H,4H2,(H2,8,9,10,11). The van der Waals surface area contributed by atoms with Crippen molar-refractivity contribution in [2.45, 2.75) is 9.96 Å². The second-order valence-electron chi connectivity index (χ2n) is 2.35. The molecule has 0 bridgehead atoms. The van der Waals surface area contributed by atoms with E-state index in [4.69, 9.17) is 0 Å². The molecule has 2 N–H and O–H groups in total. The summed E-state index contributed by atoms with van der Waals surface area (Å²) in [5.41, 5.74) is -0.248. The van der Waals surface area contributed by atoms with Crippen molar-refractivity contribution < 1.29 is 0 Å². The predicted octanol–water partition coefficient (Wildman–Crippen LogP) is 1.45. The third-order valence-corrected chi connectivity index (χ3v) is 3.54. The molecule has 0 saturated heterocycles. The monoisotopic (exact) mass is 213 g/mol. The minimum absolute atomic E-state index is 0.248. The van der Waals surface area contributed by atoms with Crippen LogP contribution in [0.4, 0.5) is 0 Å². The molecule has 13 heavy (non-hydrogen) atoms. The molecule has 0 fully saturated rings. The van der Waals surface area contributed by atoms with Crippen molar-refractivity contribution in [1.82, 2.24) is 15.2 Å². The van der Waals surface area contributed by atoms with Crippen LogP contribution in [0.5, 0.6) is 0 Å². The van der Waals surface area contributed by atoms with Gasteiger partial charge in [-0.05, 0) is 11.4 Å². The highest BCUT2D eigenvalue weighted by atomic mass is 32.2. The SMILES string of the molecule is O=c1[nH]nc(CSc2cccs2)[nH]1. The van der Waals surface area contributed by atoms with Gasteiger partial charge in [0.15, 0.2) is 0 Å². The van der Waals surface area contributed by atoms with Crippen LogP contribution in [-0.4, -0.2) is 15.2 Å². The number of rotatable bonds is 3. The van der Waals surface area contributed by atoms with Gasteiger partial charge < -0.3 is 0 Å². The van der Waals surface area contributed by atoms with Gasteiger partial charge in [-0.15, -0.1) is 23.1 Å². The van der Waals surface area contributed by atoms with Crippen LogP contribution in [-0.2, 0) is 5.75 Å². The number of H-pyrrole nitrogens is 2. The third-order valence-electron chi connectivity index (χ3n) is 1.40. The van der Waals surface area contributed by atoms with Crippen LogP contribution >= 0.6 is 23.1 Å². The smallest absolute Gasteiger partial charge is 0.292 e. The van der Waals surface area contributed by atoms with E-state index in [0.29, 0.717) is 11.6 Å². The largest absolute Gasteiger partial charge is 0.340 e. The molecule has 0 radical (unpaired) electrons. The first-order valence-corrected chi connectivity index (χ1v) is 5.51. The lowest BCUT2D eigenvalue weighted by atomic mass is 10.7. The third kappa shape index (κ3) is 2.22. The Morgan fingerprint density at radius 3 is 3.15 bits per heavy atom. The fourth-order valence-corrected chi connectivity index (χ4v) is 2.51. The van der Waals surface area contributed by atoms with Crippen LogP contribution in [0.25, 0.3) is 0 Å². The second kappa shape index (κ2) is 3.80. The van der Waals surface area contributed by atoms with Crippen molar-refractivity contribution in [2.24, 2.45) is 0 Å². The number of aromatic amines is 2. The summed E-state index contributed by atoms with van der Waals surface area (Å²) >= 11 is 3.34. The molecule has 2 aromatic heterocycles. The van der Waals surface area contributed by atoms with Gasteiger partial charge in [0.1, 0.15) is 5.82 Å². The van der Waals surface area contributed by atoms with Gasteiger partial charge in [-0.1, -0.05) is 6.07 Å². The normalized spacial score (nSPS) is 10.5. The lowest BCUT2D eigenvalue weighted by Gasteiger charge is -1.91. The highest BCUT2D eigenvalue weighted by Gasteiger charge is 1.99. The molecule has 0 aliphatic rings. The number of hydrogen-bond acceptors (Lipinski definition) is 4. The summed E-state index contributed by atoms with van der Waals surface area (Å²) in [6, 6.07) is 4.04. The fraction of sp³-hybridized carbons (Fsp3) is 0.143. The summed E-state index contributed by atoms with van der Waals surface area (Å²) in [6.45, 7) is 0. The van der Waals surface area contributed by atoms with Crippen LogP contribution in [0, 0.1) is 0 Å². The van der Waals surface area contributed by atoms with Crippen LogP contribution in [0.2, 0.25) is 0 Å². The van der Waals surface area contributed by atoms with Crippen molar-refractivity contribution in [3.05, 3.63) is 33.8 Å². The van der Waals surface area contributed by atoms with E-state index in [2.05, 4.69) is 15.2 Å². The zero-order chi connectivity index (χ0) is 9.10. The Morgan fingerprint density at radius 2 is 2.54 bits per heavy atom. The van der Waals surface area contributed by atoms with Crippen molar-refractivity contribution >= 4 is 23.1 Å². The number of hydrogen-bond donors (Lipinski definition) is 2. The first kappa shape index (κ1) is 8.58. The average molecular weight is 213 g/mol. The van der Waals surface area contributed by atoms with Crippen LogP contribution in [0.3, 0.4) is 0 Å². The van der Waals surface area contributed by atoms with Crippen LogP contribution in [0.15, 0.2) is 26.5 Å². The summed E-state index contributed by atoms with van der Waals surface area (Å²) in [7, 11) is 0. The minimum Gasteiger partial charge on any atom is -0.292 e. The van der Waals surface area contributed by atoms with E-state index in [1.54, 1.807) is 23.1 Å². The Labute approximate surface area is 82.4 Å². The molecule has 68 valence electrons. The number of nitrogens with one attached hydrogen (secondary N) is 2. The lowest BCUT2D eigenvalue weighted by Crippen LogP contribution is -2.00. The van der Waals surface area contributed by atoms with Crippen molar-refractivity contribution in [1.29, 1.82) is 0 Å². The summed E-state index contributed by atoms with van der Waals surface area (Å²) in [5.74, 6) is 1.38. The van der Waals surface area contributed by atoms with E-state index < -0.39 is 0 Å². The summed E-state index contributed by atoms with van der Waals surface area (Å²) in [4.78, 5) is 13.3. The summed E-state index contributed by atoms with van der Waals surface area (Å²) in [6.07, 6.45) is 0. The van der Waals surface area contributed by atoms with Gasteiger partial charge in [0, 0.05) is 0 Å². The Bertz CT molecular complexity index is 417. The molecule has 0 saturated carbocycles. The Balaban J connectivity index is 1.97.